The highest BCUT2D eigenvalue weighted by Crippen LogP contribution is 2.41. The number of piperidine rings is 1. The Labute approximate surface area is 260 Å². The van der Waals surface area contributed by atoms with Crippen LogP contribution in [-0.4, -0.2) is 49.3 Å². The van der Waals surface area contributed by atoms with E-state index in [0.29, 0.717) is 16.9 Å². The molecule has 1 N–H and O–H groups in total. The maximum absolute atomic E-state index is 12.8. The number of hydrogen-bond donors (Lipinski definition) is 1. The van der Waals surface area contributed by atoms with E-state index in [1.165, 1.54) is 37.7 Å². The molecule has 0 spiro atoms. The van der Waals surface area contributed by atoms with Crippen LogP contribution in [0.15, 0.2) is 48.8 Å². The molecule has 1 fully saturated rings. The summed E-state index contributed by atoms with van der Waals surface area (Å²) in [6.45, 7) is 11.6. The molecule has 4 aromatic rings. The zero-order valence-corrected chi connectivity index (χ0v) is 26.8. The Hall–Kier alpha value is -3.78. The summed E-state index contributed by atoms with van der Waals surface area (Å²) in [5, 5.41) is 15.6. The molecule has 1 saturated heterocycles. The van der Waals surface area contributed by atoms with Crippen molar-refractivity contribution in [3.8, 4) is 22.4 Å². The molecule has 8 heteroatoms. The van der Waals surface area contributed by atoms with E-state index in [9.17, 15) is 9.90 Å². The van der Waals surface area contributed by atoms with E-state index in [1.807, 2.05) is 50.7 Å². The molecule has 0 aliphatic carbocycles. The van der Waals surface area contributed by atoms with Gasteiger partial charge in [0.05, 0.1) is 16.9 Å². The number of nitrogens with zero attached hydrogens (tertiary/aromatic N) is 5. The normalized spacial score (nSPS) is 18.0. The molecule has 6 bridgehead atoms. The van der Waals surface area contributed by atoms with Crippen molar-refractivity contribution >= 4 is 17.4 Å². The Morgan fingerprint density at radius 2 is 1.77 bits per heavy atom. The van der Waals surface area contributed by atoms with Crippen LogP contribution in [0.4, 0.5) is 5.82 Å². The molecule has 1 atom stereocenters. The van der Waals surface area contributed by atoms with Gasteiger partial charge in [0.1, 0.15) is 5.82 Å². The van der Waals surface area contributed by atoms with E-state index in [1.54, 1.807) is 0 Å². The van der Waals surface area contributed by atoms with Crippen LogP contribution < -0.4 is 4.90 Å². The number of aliphatic carboxylic acids is 1. The zero-order chi connectivity index (χ0) is 31.1. The van der Waals surface area contributed by atoms with Gasteiger partial charge < -0.3 is 14.7 Å². The predicted molar refractivity (Wildman–Crippen MR) is 174 cm³/mol. The lowest BCUT2D eigenvalue weighted by Gasteiger charge is -2.41. The third-order valence-electron chi connectivity index (χ3n) is 9.39. The van der Waals surface area contributed by atoms with E-state index in [4.69, 9.17) is 14.8 Å². The lowest BCUT2D eigenvalue weighted by atomic mass is 9.76. The van der Waals surface area contributed by atoms with E-state index in [0.717, 1.165) is 60.6 Å². The number of anilines is 1. The van der Waals surface area contributed by atoms with E-state index < -0.39 is 17.7 Å². The maximum Gasteiger partial charge on any atom is 0.337 e. The van der Waals surface area contributed by atoms with Gasteiger partial charge in [-0.15, -0.1) is 0 Å². The molecule has 1 unspecified atom stereocenters. The van der Waals surface area contributed by atoms with Crippen molar-refractivity contribution in [2.24, 2.45) is 5.41 Å². The first-order valence-electron chi connectivity index (χ1n) is 16.1. The van der Waals surface area contributed by atoms with Crippen LogP contribution >= 0.6 is 0 Å². The highest BCUT2D eigenvalue weighted by molar-refractivity contribution is 5.79. The standard InChI is InChI=1S/C36H45N5O3/c1-24-31(32(34(42)43)44-35(2,3)4)33-40-19-16-36(5,17-20-40)15-9-7-6-8-11-25-14-18-37-23-28(25)26-12-10-13-27(21-26)29-22-30(38-24)41(33)39-29/h10,12-14,18,21-23,32H,6-9,11,15-17,19-20H2,1-5H3,(H,42,43). The van der Waals surface area contributed by atoms with Crippen LogP contribution in [0.3, 0.4) is 0 Å². The highest BCUT2D eigenvalue weighted by Gasteiger charge is 2.37. The Morgan fingerprint density at radius 3 is 2.52 bits per heavy atom. The fourth-order valence-corrected chi connectivity index (χ4v) is 6.93. The van der Waals surface area contributed by atoms with Crippen LogP contribution in [-0.2, 0) is 16.0 Å². The van der Waals surface area contributed by atoms with Crippen molar-refractivity contribution < 1.29 is 14.6 Å². The molecule has 3 aliphatic heterocycles. The molecule has 0 radical (unpaired) electrons. The molecule has 0 amide bonds. The van der Waals surface area contributed by atoms with Gasteiger partial charge in [-0.05, 0) is 88.5 Å². The number of pyridine rings is 1. The highest BCUT2D eigenvalue weighted by atomic mass is 16.5. The number of benzene rings is 1. The minimum Gasteiger partial charge on any atom is -0.479 e. The maximum atomic E-state index is 12.8. The number of fused-ring (bicyclic) bond motifs is 7. The molecule has 0 saturated carbocycles. The molecular formula is C36H45N5O3. The van der Waals surface area contributed by atoms with Gasteiger partial charge in [-0.1, -0.05) is 44.4 Å². The topological polar surface area (TPSA) is 92.8 Å². The number of carbonyl (C=O) groups is 1. The summed E-state index contributed by atoms with van der Waals surface area (Å²) in [6, 6.07) is 12.6. The summed E-state index contributed by atoms with van der Waals surface area (Å²) in [4.78, 5) is 24.5. The lowest BCUT2D eigenvalue weighted by molar-refractivity contribution is -0.160. The third kappa shape index (κ3) is 6.23. The molecule has 1 aromatic carbocycles. The van der Waals surface area contributed by atoms with Crippen molar-refractivity contribution in [1.82, 2.24) is 19.6 Å². The molecule has 44 heavy (non-hydrogen) atoms. The van der Waals surface area contributed by atoms with E-state index >= 15 is 0 Å². The van der Waals surface area contributed by atoms with Crippen LogP contribution in [0, 0.1) is 12.3 Å². The summed E-state index contributed by atoms with van der Waals surface area (Å²) in [5.41, 5.74) is 6.92. The van der Waals surface area contributed by atoms with Gasteiger partial charge in [0.25, 0.3) is 0 Å². The monoisotopic (exact) mass is 595 g/mol. The molecule has 3 aromatic heterocycles. The average Bonchev–Trinajstić information content (AvgIpc) is 3.41. The van der Waals surface area contributed by atoms with Gasteiger partial charge in [-0.25, -0.2) is 9.78 Å². The average molecular weight is 596 g/mol. The third-order valence-corrected chi connectivity index (χ3v) is 9.39. The smallest absolute Gasteiger partial charge is 0.337 e. The number of rotatable bonds is 3. The molecule has 3 aliphatic rings. The van der Waals surface area contributed by atoms with Gasteiger partial charge >= 0.3 is 5.97 Å². The summed E-state index contributed by atoms with van der Waals surface area (Å²) in [7, 11) is 0. The van der Waals surface area contributed by atoms with Crippen molar-refractivity contribution in [2.45, 2.75) is 97.7 Å². The number of aromatic nitrogens is 4. The number of ether oxygens (including phenoxy) is 1. The zero-order valence-electron chi connectivity index (χ0n) is 26.8. The lowest BCUT2D eigenvalue weighted by Crippen LogP contribution is -2.41. The molecule has 8 nitrogen and oxygen atoms in total. The van der Waals surface area contributed by atoms with Gasteiger partial charge in [-0.3, -0.25) is 4.98 Å². The SMILES string of the molecule is Cc1nc2cc3nn2c(c1C(OC(C)(C)C)C(=O)O)N1CCC(C)(CCCCCCc2ccncc2-c2cccc-3c2)CC1. The number of hydrogen-bond acceptors (Lipinski definition) is 6. The Bertz CT molecular complexity index is 1660. The molecule has 6 heterocycles. The van der Waals surface area contributed by atoms with Gasteiger partial charge in [-0.2, -0.15) is 9.61 Å². The first-order valence-corrected chi connectivity index (χ1v) is 16.1. The Morgan fingerprint density at radius 1 is 1.02 bits per heavy atom. The van der Waals surface area contributed by atoms with Crippen LogP contribution in [0.1, 0.15) is 95.6 Å². The van der Waals surface area contributed by atoms with Crippen molar-refractivity contribution in [3.05, 3.63) is 65.6 Å². The Kier molecular flexibility index (Phi) is 8.22. The summed E-state index contributed by atoms with van der Waals surface area (Å²) in [5.74, 6) is -0.244. The van der Waals surface area contributed by atoms with Crippen LogP contribution in [0.2, 0.25) is 0 Å². The van der Waals surface area contributed by atoms with Crippen molar-refractivity contribution in [3.63, 3.8) is 0 Å². The van der Waals surface area contributed by atoms with Crippen LogP contribution in [0.5, 0.6) is 0 Å². The minimum absolute atomic E-state index is 0.265. The number of carboxylic acid groups (broad SMARTS) is 1. The second kappa shape index (κ2) is 12.0. The fraction of sp³-hybridized carbons (Fsp3) is 0.500. The van der Waals surface area contributed by atoms with Gasteiger partial charge in [0, 0.05) is 48.4 Å². The largest absolute Gasteiger partial charge is 0.479 e. The van der Waals surface area contributed by atoms with Gasteiger partial charge in [0.15, 0.2) is 11.8 Å². The fourth-order valence-electron chi connectivity index (χ4n) is 6.93. The Balaban J connectivity index is 1.54. The second-order valence-corrected chi connectivity index (χ2v) is 14.0. The number of aryl methyl sites for hydroxylation is 2. The molecule has 7 rings (SSSR count). The van der Waals surface area contributed by atoms with Crippen molar-refractivity contribution in [2.75, 3.05) is 18.0 Å². The van der Waals surface area contributed by atoms with E-state index in [2.05, 4.69) is 47.1 Å². The predicted octanol–water partition coefficient (Wildman–Crippen LogP) is 7.82. The summed E-state index contributed by atoms with van der Waals surface area (Å²) < 4.78 is 8.07. The summed E-state index contributed by atoms with van der Waals surface area (Å²) in [6.07, 6.45) is 11.9. The second-order valence-electron chi connectivity index (χ2n) is 14.0. The quantitative estimate of drug-likeness (QED) is 0.258. The molecular weight excluding hydrogens is 550 g/mol. The minimum atomic E-state index is -1.17. The number of carboxylic acids is 1. The van der Waals surface area contributed by atoms with Crippen LogP contribution in [0.25, 0.3) is 28.0 Å². The van der Waals surface area contributed by atoms with Gasteiger partial charge in [0.2, 0.25) is 0 Å². The first-order chi connectivity index (χ1) is 21.0. The first kappa shape index (κ1) is 30.3. The summed E-state index contributed by atoms with van der Waals surface area (Å²) >= 11 is 0. The van der Waals surface area contributed by atoms with Crippen molar-refractivity contribution in [1.29, 1.82) is 0 Å². The van der Waals surface area contributed by atoms with E-state index in [-0.39, 0.29) is 5.41 Å². The molecule has 232 valence electrons.